The van der Waals surface area contributed by atoms with Gasteiger partial charge in [-0.15, -0.1) is 0 Å². The summed E-state index contributed by atoms with van der Waals surface area (Å²) in [6.45, 7) is 27.2. The number of hydrogen-bond donors (Lipinski definition) is 4. The van der Waals surface area contributed by atoms with E-state index in [-0.39, 0.29) is 22.4 Å². The average molecular weight is 875 g/mol. The molecule has 4 unspecified atom stereocenters. The van der Waals surface area contributed by atoms with Crippen LogP contribution in [-0.4, -0.2) is 42.8 Å². The standard InChI is InChI=1S/3C15H26O.C14H24O/c2*1-10(2)15(16)8-14(9-15)6-5-11-7-12(14)13(11,3)4;1-11(2)15(16)9-14(10-15)12-5-3-6-13(14)8-4-7-12;1-10(2)14(15)8-13(9-14)7-11-3-5-12(13)6-4-11/h2*10-12,16H,5-9H2,1-4H3;11-13,16H,3-10H2,1-2H3;10-12,15H,3-9H2,1-2H3. The predicted octanol–water partition coefficient (Wildman–Crippen LogP) is 14.3. The zero-order valence-electron chi connectivity index (χ0n) is 43.4. The highest BCUT2D eigenvalue weighted by atomic mass is 16.3. The van der Waals surface area contributed by atoms with Crippen LogP contribution in [0.15, 0.2) is 0 Å². The van der Waals surface area contributed by atoms with Gasteiger partial charge in [0, 0.05) is 0 Å². The monoisotopic (exact) mass is 875 g/mol. The van der Waals surface area contributed by atoms with Crippen LogP contribution < -0.4 is 0 Å². The summed E-state index contributed by atoms with van der Waals surface area (Å²) in [5, 5.41) is 42.0. The van der Waals surface area contributed by atoms with Crippen molar-refractivity contribution in [1.82, 2.24) is 0 Å². The summed E-state index contributed by atoms with van der Waals surface area (Å²) in [5.74, 6) is 9.40. The molecule has 15 aliphatic rings. The van der Waals surface area contributed by atoms with Gasteiger partial charge in [-0.05, 0) is 238 Å². The molecule has 4 atom stereocenters. The Morgan fingerprint density at radius 1 is 0.365 bits per heavy atom. The fourth-order valence-corrected chi connectivity index (χ4v) is 20.2. The Balaban J connectivity index is 0.000000107. The molecule has 63 heavy (non-hydrogen) atoms. The van der Waals surface area contributed by atoms with Gasteiger partial charge in [-0.3, -0.25) is 0 Å². The zero-order valence-corrected chi connectivity index (χ0v) is 43.4. The van der Waals surface area contributed by atoms with Crippen LogP contribution >= 0.6 is 0 Å². The second-order valence-corrected chi connectivity index (χ2v) is 29.6. The first-order valence-corrected chi connectivity index (χ1v) is 28.1. The molecule has 4 N–H and O–H groups in total. The molecule has 4 heteroatoms. The molecule has 0 radical (unpaired) electrons. The molecule has 0 amide bonds. The van der Waals surface area contributed by atoms with Crippen LogP contribution in [0, 0.1) is 104 Å². The van der Waals surface area contributed by atoms with Crippen LogP contribution in [-0.2, 0) is 0 Å². The SMILES string of the molecule is CC(C)C1(O)CC2(C1)C1CCCC2CCC1.CC(C)C1(O)CC2(CC3CCC2CC3)C1.CC(C)C1(O)CC2(CCC3CC2C3(C)C)C1.CC(C)C1(O)CC2(CCC3CC2C3(C)C)C1. The smallest absolute Gasteiger partial charge is 0.0681 e. The van der Waals surface area contributed by atoms with Crippen molar-refractivity contribution in [2.45, 2.75) is 266 Å². The highest BCUT2D eigenvalue weighted by Crippen LogP contribution is 2.75. The third-order valence-electron chi connectivity index (χ3n) is 25.2. The summed E-state index contributed by atoms with van der Waals surface area (Å²) in [4.78, 5) is 0. The van der Waals surface area contributed by atoms with E-state index in [1.165, 1.54) is 109 Å². The Labute approximate surface area is 388 Å². The number of rotatable bonds is 4. The number of hydrogen-bond acceptors (Lipinski definition) is 4. The summed E-state index contributed by atoms with van der Waals surface area (Å²) >= 11 is 0. The Morgan fingerprint density at radius 2 is 0.698 bits per heavy atom. The summed E-state index contributed by atoms with van der Waals surface area (Å²) in [7, 11) is 0. The van der Waals surface area contributed by atoms with Crippen molar-refractivity contribution in [2.75, 3.05) is 0 Å². The molecule has 15 aliphatic carbocycles. The molecule has 4 spiro atoms. The highest BCUT2D eigenvalue weighted by Gasteiger charge is 2.70. The molecule has 0 aromatic rings. The summed E-state index contributed by atoms with van der Waals surface area (Å²) in [6, 6.07) is 0. The topological polar surface area (TPSA) is 80.9 Å². The second-order valence-electron chi connectivity index (χ2n) is 29.6. The highest BCUT2D eigenvalue weighted by molar-refractivity contribution is 5.20. The van der Waals surface area contributed by atoms with Crippen molar-refractivity contribution in [3.8, 4) is 0 Å². The lowest BCUT2D eigenvalue weighted by molar-refractivity contribution is -0.262. The minimum Gasteiger partial charge on any atom is -0.390 e. The number of fused-ring (bicyclic) bond motifs is 4. The molecule has 15 fully saturated rings. The van der Waals surface area contributed by atoms with E-state index in [9.17, 15) is 20.4 Å². The first kappa shape index (κ1) is 47.9. The molecule has 0 heterocycles. The van der Waals surface area contributed by atoms with Gasteiger partial charge in [0.25, 0.3) is 0 Å². The Kier molecular flexibility index (Phi) is 11.9. The lowest BCUT2D eigenvalue weighted by Crippen LogP contribution is -2.67. The lowest BCUT2D eigenvalue weighted by Gasteiger charge is -2.72. The molecule has 8 bridgehead atoms. The van der Waals surface area contributed by atoms with Gasteiger partial charge in [-0.25, -0.2) is 0 Å². The maximum atomic E-state index is 10.6. The molecule has 0 saturated heterocycles. The molecular weight excluding hydrogens is 773 g/mol. The molecule has 15 saturated carbocycles. The van der Waals surface area contributed by atoms with Crippen molar-refractivity contribution < 1.29 is 20.4 Å². The van der Waals surface area contributed by atoms with Crippen molar-refractivity contribution in [1.29, 1.82) is 0 Å². The minimum absolute atomic E-state index is 0.308. The molecule has 15 rings (SSSR count). The molecule has 362 valence electrons. The van der Waals surface area contributed by atoms with E-state index in [2.05, 4.69) is 83.1 Å². The minimum atomic E-state index is -0.335. The molecule has 0 aromatic carbocycles. The summed E-state index contributed by atoms with van der Waals surface area (Å²) in [6.07, 6.45) is 33.3. The van der Waals surface area contributed by atoms with Crippen LogP contribution in [0.4, 0.5) is 0 Å². The van der Waals surface area contributed by atoms with E-state index in [0.29, 0.717) is 56.2 Å². The van der Waals surface area contributed by atoms with Gasteiger partial charge in [0.1, 0.15) is 0 Å². The first-order chi connectivity index (χ1) is 29.2. The fourth-order valence-electron chi connectivity index (χ4n) is 20.2. The largest absolute Gasteiger partial charge is 0.390 e. The van der Waals surface area contributed by atoms with E-state index in [1.807, 2.05) is 0 Å². The van der Waals surface area contributed by atoms with Gasteiger partial charge >= 0.3 is 0 Å². The fraction of sp³-hybridized carbons (Fsp3) is 1.00. The molecular formula is C59H102O4. The lowest BCUT2D eigenvalue weighted by atomic mass is 9.34. The van der Waals surface area contributed by atoms with Gasteiger partial charge in [-0.2, -0.15) is 0 Å². The van der Waals surface area contributed by atoms with E-state index in [1.54, 1.807) is 0 Å². The number of aliphatic hydroxyl groups is 4. The van der Waals surface area contributed by atoms with Gasteiger partial charge in [-0.1, -0.05) is 109 Å². The van der Waals surface area contributed by atoms with E-state index in [0.717, 1.165) is 98.7 Å². The van der Waals surface area contributed by atoms with Crippen molar-refractivity contribution in [3.05, 3.63) is 0 Å². The third-order valence-corrected chi connectivity index (χ3v) is 25.2. The Bertz CT molecular complexity index is 1540. The zero-order chi connectivity index (χ0) is 45.6. The van der Waals surface area contributed by atoms with Gasteiger partial charge in [0.2, 0.25) is 0 Å². The van der Waals surface area contributed by atoms with Gasteiger partial charge in [0.05, 0.1) is 22.4 Å². The van der Waals surface area contributed by atoms with Crippen molar-refractivity contribution in [3.63, 3.8) is 0 Å². The molecule has 0 aliphatic heterocycles. The van der Waals surface area contributed by atoms with Crippen LogP contribution in [0.5, 0.6) is 0 Å². The van der Waals surface area contributed by atoms with Crippen LogP contribution in [0.25, 0.3) is 0 Å². The maximum Gasteiger partial charge on any atom is 0.0681 e. The van der Waals surface area contributed by atoms with Gasteiger partial charge < -0.3 is 20.4 Å². The van der Waals surface area contributed by atoms with Crippen molar-refractivity contribution in [2.24, 2.45) is 104 Å². The van der Waals surface area contributed by atoms with Crippen molar-refractivity contribution >= 4 is 0 Å². The van der Waals surface area contributed by atoms with Gasteiger partial charge in [0.15, 0.2) is 0 Å². The van der Waals surface area contributed by atoms with E-state index >= 15 is 0 Å². The summed E-state index contributed by atoms with van der Waals surface area (Å²) in [5.41, 5.74) is 2.05. The van der Waals surface area contributed by atoms with E-state index in [4.69, 9.17) is 0 Å². The molecule has 0 aromatic heterocycles. The maximum absolute atomic E-state index is 10.6. The average Bonchev–Trinajstić information content (AvgIpc) is 3.16. The Morgan fingerprint density at radius 3 is 0.984 bits per heavy atom. The van der Waals surface area contributed by atoms with E-state index < -0.39 is 0 Å². The normalized spacial score (nSPS) is 53.1. The first-order valence-electron chi connectivity index (χ1n) is 28.1. The quantitative estimate of drug-likeness (QED) is 0.227. The Hall–Kier alpha value is -0.160. The third kappa shape index (κ3) is 7.41. The van der Waals surface area contributed by atoms with Crippen LogP contribution in [0.2, 0.25) is 0 Å². The van der Waals surface area contributed by atoms with Crippen LogP contribution in [0.3, 0.4) is 0 Å². The summed E-state index contributed by atoms with van der Waals surface area (Å²) < 4.78 is 0. The predicted molar refractivity (Wildman–Crippen MR) is 260 cm³/mol. The molecule has 4 nitrogen and oxygen atoms in total. The van der Waals surface area contributed by atoms with Crippen LogP contribution in [0.1, 0.15) is 244 Å². The second kappa shape index (κ2) is 15.7.